The number of nitrogens with zero attached hydrogens (tertiary/aromatic N) is 2. The minimum atomic E-state index is 0.197. The monoisotopic (exact) mass is 284 g/mol. The van der Waals surface area contributed by atoms with E-state index in [4.69, 9.17) is 9.31 Å². The molecule has 5 heteroatoms. The van der Waals surface area contributed by atoms with Gasteiger partial charge in [-0.2, -0.15) is 0 Å². The second kappa shape index (κ2) is 6.93. The Bertz CT molecular complexity index is 502. The quantitative estimate of drug-likeness (QED) is 0.761. The minimum Gasteiger partial charge on any atom is -0.529 e. The highest BCUT2D eigenvalue weighted by Gasteiger charge is 2.01. The Morgan fingerprint density at radius 3 is 1.24 bits per heavy atom. The molecule has 0 bridgehead atoms. The van der Waals surface area contributed by atoms with Crippen molar-refractivity contribution < 1.29 is 9.31 Å². The molecule has 0 spiro atoms. The maximum Gasteiger partial charge on any atom is 0.576 e. The maximum atomic E-state index is 5.57. The van der Waals surface area contributed by atoms with E-state index >= 15 is 0 Å². The predicted octanol–water partition coefficient (Wildman–Crippen LogP) is 2.54. The van der Waals surface area contributed by atoms with Crippen LogP contribution in [0.5, 0.6) is 11.5 Å². The Balaban J connectivity index is 1.83. The van der Waals surface area contributed by atoms with E-state index < -0.39 is 0 Å². The van der Waals surface area contributed by atoms with Crippen molar-refractivity contribution in [2.75, 3.05) is 38.0 Å². The lowest BCUT2D eigenvalue weighted by atomic mass is 10.2. The van der Waals surface area contributed by atoms with E-state index in [-0.39, 0.29) is 7.69 Å². The van der Waals surface area contributed by atoms with Crippen LogP contribution in [0.1, 0.15) is 0 Å². The van der Waals surface area contributed by atoms with Crippen LogP contribution in [0.3, 0.4) is 0 Å². The fourth-order valence-corrected chi connectivity index (χ4v) is 1.85. The van der Waals surface area contributed by atoms with Gasteiger partial charge in [-0.3, -0.25) is 0 Å². The van der Waals surface area contributed by atoms with E-state index in [1.54, 1.807) is 0 Å². The summed E-state index contributed by atoms with van der Waals surface area (Å²) in [5, 5.41) is 0. The van der Waals surface area contributed by atoms with Gasteiger partial charge in [-0.1, -0.05) is 0 Å². The number of anilines is 2. The highest BCUT2D eigenvalue weighted by molar-refractivity contribution is 6.20. The molecule has 4 nitrogen and oxygen atoms in total. The lowest BCUT2D eigenvalue weighted by Crippen LogP contribution is -2.12. The Morgan fingerprint density at radius 2 is 0.952 bits per heavy atom. The van der Waals surface area contributed by atoms with Crippen LogP contribution in [0.15, 0.2) is 48.5 Å². The Hall–Kier alpha value is -2.30. The summed E-state index contributed by atoms with van der Waals surface area (Å²) in [5.41, 5.74) is 2.28. The summed E-state index contributed by atoms with van der Waals surface area (Å²) in [4.78, 5) is 4.10. The first-order chi connectivity index (χ1) is 10.1. The Labute approximate surface area is 127 Å². The standard InChI is InChI=1S/C16H21BN2O2/c1-18(2)13-5-9-15(10-6-13)20-17-21-16-11-7-14(8-12-16)19(3)4/h5-12,17H,1-4H3. The molecule has 2 aromatic carbocycles. The summed E-state index contributed by atoms with van der Waals surface area (Å²) in [6, 6.07) is 15.8. The van der Waals surface area contributed by atoms with Gasteiger partial charge in [-0.05, 0) is 48.5 Å². The summed E-state index contributed by atoms with van der Waals surface area (Å²) in [6.07, 6.45) is 0. The fraction of sp³-hybridized carbons (Fsp3) is 0.250. The molecular weight excluding hydrogens is 263 g/mol. The molecule has 0 aromatic heterocycles. The van der Waals surface area contributed by atoms with E-state index in [0.29, 0.717) is 0 Å². The van der Waals surface area contributed by atoms with Crippen LogP contribution in [0.25, 0.3) is 0 Å². The molecule has 0 fully saturated rings. The van der Waals surface area contributed by atoms with Gasteiger partial charge in [-0.15, -0.1) is 0 Å². The van der Waals surface area contributed by atoms with Crippen molar-refractivity contribution in [1.82, 2.24) is 0 Å². The van der Waals surface area contributed by atoms with Crippen LogP contribution in [0.2, 0.25) is 0 Å². The number of benzene rings is 2. The van der Waals surface area contributed by atoms with Crippen molar-refractivity contribution in [2.24, 2.45) is 0 Å². The SMILES string of the molecule is CN(C)c1ccc(OBOc2ccc(N(C)C)cc2)cc1. The van der Waals surface area contributed by atoms with Gasteiger partial charge in [0, 0.05) is 39.6 Å². The second-order valence-electron chi connectivity index (χ2n) is 5.18. The summed E-state index contributed by atoms with van der Waals surface area (Å²) in [7, 11) is 8.24. The molecular formula is C16H21BN2O2. The van der Waals surface area contributed by atoms with Gasteiger partial charge >= 0.3 is 7.69 Å². The molecule has 0 saturated carbocycles. The van der Waals surface area contributed by atoms with Crippen LogP contribution >= 0.6 is 0 Å². The number of hydrogen-bond acceptors (Lipinski definition) is 4. The average Bonchev–Trinajstić information content (AvgIpc) is 2.48. The van der Waals surface area contributed by atoms with E-state index in [1.165, 1.54) is 0 Å². The Morgan fingerprint density at radius 1 is 0.619 bits per heavy atom. The van der Waals surface area contributed by atoms with Gasteiger partial charge in [0.2, 0.25) is 0 Å². The molecule has 0 unspecified atom stereocenters. The summed E-state index contributed by atoms with van der Waals surface area (Å²) < 4.78 is 11.1. The molecule has 110 valence electrons. The molecule has 2 aromatic rings. The molecule has 0 aliphatic heterocycles. The third-order valence-corrected chi connectivity index (χ3v) is 3.16. The van der Waals surface area contributed by atoms with Gasteiger partial charge in [0.15, 0.2) is 0 Å². The molecule has 21 heavy (non-hydrogen) atoms. The van der Waals surface area contributed by atoms with Crippen molar-refractivity contribution in [2.45, 2.75) is 0 Å². The summed E-state index contributed by atoms with van der Waals surface area (Å²) in [6.45, 7) is 0. The highest BCUT2D eigenvalue weighted by atomic mass is 16.6. The third kappa shape index (κ3) is 4.34. The van der Waals surface area contributed by atoms with Gasteiger partial charge < -0.3 is 19.1 Å². The molecule has 0 N–H and O–H groups in total. The minimum absolute atomic E-state index is 0.197. The van der Waals surface area contributed by atoms with E-state index in [0.717, 1.165) is 22.9 Å². The molecule has 0 aliphatic rings. The van der Waals surface area contributed by atoms with E-state index in [1.807, 2.05) is 86.5 Å². The van der Waals surface area contributed by atoms with Gasteiger partial charge in [-0.25, -0.2) is 0 Å². The van der Waals surface area contributed by atoms with Crippen molar-refractivity contribution in [3.63, 3.8) is 0 Å². The van der Waals surface area contributed by atoms with Crippen LogP contribution in [0, 0.1) is 0 Å². The maximum absolute atomic E-state index is 5.57. The van der Waals surface area contributed by atoms with Crippen molar-refractivity contribution >= 4 is 19.1 Å². The largest absolute Gasteiger partial charge is 0.576 e. The normalized spacial score (nSPS) is 9.90. The first kappa shape index (κ1) is 15.1. The van der Waals surface area contributed by atoms with Crippen LogP contribution in [0.4, 0.5) is 11.4 Å². The zero-order chi connectivity index (χ0) is 15.2. The zero-order valence-electron chi connectivity index (χ0n) is 13.0. The molecule has 0 radical (unpaired) electrons. The van der Waals surface area contributed by atoms with Gasteiger partial charge in [0.05, 0.1) is 0 Å². The van der Waals surface area contributed by atoms with Gasteiger partial charge in [0.1, 0.15) is 11.5 Å². The number of rotatable bonds is 6. The van der Waals surface area contributed by atoms with Crippen molar-refractivity contribution in [1.29, 1.82) is 0 Å². The average molecular weight is 284 g/mol. The lowest BCUT2D eigenvalue weighted by molar-refractivity contribution is 0.459. The zero-order valence-corrected chi connectivity index (χ0v) is 13.0. The second-order valence-corrected chi connectivity index (χ2v) is 5.18. The topological polar surface area (TPSA) is 24.9 Å². The van der Waals surface area contributed by atoms with Crippen molar-refractivity contribution in [3.05, 3.63) is 48.5 Å². The van der Waals surface area contributed by atoms with Crippen LogP contribution in [-0.2, 0) is 0 Å². The predicted molar refractivity (Wildman–Crippen MR) is 89.9 cm³/mol. The molecule has 0 aliphatic carbocycles. The summed E-state index contributed by atoms with van der Waals surface area (Å²) >= 11 is 0. The van der Waals surface area contributed by atoms with E-state index in [2.05, 4.69) is 0 Å². The smallest absolute Gasteiger partial charge is 0.529 e. The molecule has 2 rings (SSSR count). The number of hydrogen-bond donors (Lipinski definition) is 0. The molecule has 0 heterocycles. The van der Waals surface area contributed by atoms with Crippen LogP contribution in [-0.4, -0.2) is 35.9 Å². The fourth-order valence-electron chi connectivity index (χ4n) is 1.85. The Kier molecular flexibility index (Phi) is 4.98. The van der Waals surface area contributed by atoms with Gasteiger partial charge in [0.25, 0.3) is 0 Å². The lowest BCUT2D eigenvalue weighted by Gasteiger charge is -2.14. The third-order valence-electron chi connectivity index (χ3n) is 3.16. The molecule has 0 atom stereocenters. The van der Waals surface area contributed by atoms with Crippen molar-refractivity contribution in [3.8, 4) is 11.5 Å². The molecule has 0 amide bonds. The highest BCUT2D eigenvalue weighted by Crippen LogP contribution is 2.19. The summed E-state index contributed by atoms with van der Waals surface area (Å²) in [5.74, 6) is 1.59. The first-order valence-corrected chi connectivity index (χ1v) is 6.86. The first-order valence-electron chi connectivity index (χ1n) is 6.86. The van der Waals surface area contributed by atoms with Crippen LogP contribution < -0.4 is 19.1 Å². The van der Waals surface area contributed by atoms with E-state index in [9.17, 15) is 0 Å². The molecule has 0 saturated heterocycles.